The Morgan fingerprint density at radius 1 is 1.15 bits per heavy atom. The van der Waals surface area contributed by atoms with Crippen LogP contribution >= 0.6 is 0 Å². The molecule has 1 aliphatic heterocycles. The lowest BCUT2D eigenvalue weighted by Crippen LogP contribution is -2.44. The van der Waals surface area contributed by atoms with Crippen molar-refractivity contribution in [3.05, 3.63) is 64.7 Å². The van der Waals surface area contributed by atoms with Gasteiger partial charge in [0.15, 0.2) is 0 Å². The molecule has 182 valence electrons. The smallest absolute Gasteiger partial charge is 0.417 e. The molecule has 0 spiro atoms. The van der Waals surface area contributed by atoms with Gasteiger partial charge in [-0.25, -0.2) is 4.79 Å². The second-order valence-electron chi connectivity index (χ2n) is 7.81. The molecule has 0 aliphatic carbocycles. The Hall–Kier alpha value is -3.46. The van der Waals surface area contributed by atoms with E-state index in [1.54, 1.807) is 24.3 Å². The summed E-state index contributed by atoms with van der Waals surface area (Å²) >= 11 is 0. The average Bonchev–Trinajstić information content (AvgIpc) is 3.21. The van der Waals surface area contributed by atoms with E-state index in [0.29, 0.717) is 11.8 Å². The number of alkyl halides is 6. The lowest BCUT2D eigenvalue weighted by atomic mass is 9.88. The number of halogens is 6. The van der Waals surface area contributed by atoms with Gasteiger partial charge in [0.1, 0.15) is 18.4 Å². The topological polar surface area (TPSA) is 100 Å². The van der Waals surface area contributed by atoms with Crippen LogP contribution in [0.4, 0.5) is 31.1 Å². The molecule has 12 heteroatoms. The third-order valence-corrected chi connectivity index (χ3v) is 5.45. The van der Waals surface area contributed by atoms with Crippen molar-refractivity contribution in [2.24, 2.45) is 5.73 Å². The average molecular weight is 486 g/mol. The predicted octanol–water partition coefficient (Wildman–Crippen LogP) is 4.20. The Labute approximate surface area is 190 Å². The molecule has 2 aromatic carbocycles. The molecule has 1 fully saturated rings. The van der Waals surface area contributed by atoms with Crippen molar-refractivity contribution in [2.45, 2.75) is 43.3 Å². The molecule has 1 heterocycles. The van der Waals surface area contributed by atoms with Crippen LogP contribution in [0, 0.1) is 11.3 Å². The summed E-state index contributed by atoms with van der Waals surface area (Å²) in [6.45, 7) is 0.0452. The Balaban J connectivity index is 1.73. The van der Waals surface area contributed by atoms with E-state index >= 15 is 0 Å². The minimum absolute atomic E-state index is 0.117. The number of amides is 2. The lowest BCUT2D eigenvalue weighted by Gasteiger charge is -2.23. The van der Waals surface area contributed by atoms with Crippen LogP contribution in [0.1, 0.15) is 34.6 Å². The van der Waals surface area contributed by atoms with Gasteiger partial charge in [-0.1, -0.05) is 18.2 Å². The molecule has 2 amide bonds. The number of carbonyl (C=O) groups excluding carboxylic acids is 1. The highest BCUT2D eigenvalue weighted by molar-refractivity contribution is 5.71. The zero-order valence-corrected chi connectivity index (χ0v) is 17.5. The molecule has 6 nitrogen and oxygen atoms in total. The molecule has 3 atom stereocenters. The minimum atomic E-state index is -4.87. The van der Waals surface area contributed by atoms with Crippen molar-refractivity contribution in [3.8, 4) is 11.8 Å². The number of nitrogens with one attached hydrogen (secondary N) is 2. The van der Waals surface area contributed by atoms with Gasteiger partial charge in [0.05, 0.1) is 17.2 Å². The second-order valence-corrected chi connectivity index (χ2v) is 7.81. The summed E-state index contributed by atoms with van der Waals surface area (Å²) in [5.41, 5.74) is 3.65. The van der Waals surface area contributed by atoms with Crippen molar-refractivity contribution in [2.75, 3.05) is 6.61 Å². The Morgan fingerprint density at radius 3 is 2.38 bits per heavy atom. The van der Waals surface area contributed by atoms with Crippen LogP contribution in [0.5, 0.6) is 5.75 Å². The van der Waals surface area contributed by atoms with Crippen LogP contribution in [-0.4, -0.2) is 30.9 Å². The number of nitrogens with two attached hydrogens (primary N) is 1. The fourth-order valence-corrected chi connectivity index (χ4v) is 3.86. The van der Waals surface area contributed by atoms with E-state index in [0.717, 1.165) is 17.7 Å². The van der Waals surface area contributed by atoms with Crippen LogP contribution in [0.3, 0.4) is 0 Å². The van der Waals surface area contributed by atoms with Crippen LogP contribution in [0.25, 0.3) is 0 Å². The van der Waals surface area contributed by atoms with E-state index < -0.39 is 47.5 Å². The largest absolute Gasteiger partial charge is 0.492 e. The maximum atomic E-state index is 13.7. The number of benzene rings is 2. The number of rotatable bonds is 6. The Morgan fingerprint density at radius 2 is 1.82 bits per heavy atom. The number of primary amides is 1. The van der Waals surface area contributed by atoms with Crippen molar-refractivity contribution in [1.29, 1.82) is 5.26 Å². The fourth-order valence-electron chi connectivity index (χ4n) is 3.86. The quantitative estimate of drug-likeness (QED) is 0.533. The summed E-state index contributed by atoms with van der Waals surface area (Å²) in [5.74, 6) is -0.918. The van der Waals surface area contributed by atoms with Crippen molar-refractivity contribution >= 4 is 6.03 Å². The molecule has 0 radical (unpaired) electrons. The normalized spacial score (nSPS) is 20.6. The van der Waals surface area contributed by atoms with Crippen LogP contribution < -0.4 is 21.1 Å². The van der Waals surface area contributed by atoms with Gasteiger partial charge in [0.2, 0.25) is 0 Å². The van der Waals surface area contributed by atoms with Crippen LogP contribution in [0.15, 0.2) is 42.5 Å². The van der Waals surface area contributed by atoms with Gasteiger partial charge >= 0.3 is 18.4 Å². The first-order chi connectivity index (χ1) is 15.9. The molecule has 1 aliphatic rings. The monoisotopic (exact) mass is 486 g/mol. The van der Waals surface area contributed by atoms with E-state index in [4.69, 9.17) is 15.7 Å². The van der Waals surface area contributed by atoms with Gasteiger partial charge in [-0.2, -0.15) is 31.6 Å². The lowest BCUT2D eigenvalue weighted by molar-refractivity contribution is -0.156. The molecule has 1 saturated heterocycles. The third kappa shape index (κ3) is 6.11. The van der Waals surface area contributed by atoms with Gasteiger partial charge in [-0.3, -0.25) is 5.32 Å². The van der Waals surface area contributed by atoms with Crippen molar-refractivity contribution in [1.82, 2.24) is 10.6 Å². The van der Waals surface area contributed by atoms with E-state index in [-0.39, 0.29) is 25.1 Å². The number of ether oxygens (including phenoxy) is 1. The van der Waals surface area contributed by atoms with E-state index in [1.165, 1.54) is 6.07 Å². The standard InChI is InChI=1S/C22H20F6N4O2/c23-21(24,25)18-7-13(3-4-14(18)9-29)17-8-15(32-19(17)22(26,27)28)11-34-16-5-1-12(2-6-16)10-31-20(30)33/h1-7,15,17,19,32H,8,10-11H2,(H3,30,31,33). The van der Waals surface area contributed by atoms with Gasteiger partial charge in [0.25, 0.3) is 0 Å². The van der Waals surface area contributed by atoms with Gasteiger partial charge in [-0.05, 0) is 41.8 Å². The predicted molar refractivity (Wildman–Crippen MR) is 109 cm³/mol. The molecule has 2 aromatic rings. The minimum Gasteiger partial charge on any atom is -0.492 e. The van der Waals surface area contributed by atoms with Crippen LogP contribution in [-0.2, 0) is 12.7 Å². The zero-order valence-electron chi connectivity index (χ0n) is 17.5. The maximum Gasteiger partial charge on any atom is 0.417 e. The molecule has 34 heavy (non-hydrogen) atoms. The molecule has 0 bridgehead atoms. The maximum absolute atomic E-state index is 13.7. The first-order valence-corrected chi connectivity index (χ1v) is 10.1. The molecule has 0 saturated carbocycles. The highest BCUT2D eigenvalue weighted by atomic mass is 19.4. The number of nitriles is 1. The highest BCUT2D eigenvalue weighted by Crippen LogP contribution is 2.42. The molecule has 4 N–H and O–H groups in total. The van der Waals surface area contributed by atoms with E-state index in [1.807, 2.05) is 0 Å². The van der Waals surface area contributed by atoms with Gasteiger partial charge in [-0.15, -0.1) is 0 Å². The Bertz CT molecular complexity index is 1060. The van der Waals surface area contributed by atoms with E-state index in [9.17, 15) is 31.1 Å². The number of nitrogens with zero attached hydrogens (tertiary/aromatic N) is 1. The highest BCUT2D eigenvalue weighted by Gasteiger charge is 2.51. The summed E-state index contributed by atoms with van der Waals surface area (Å²) in [4.78, 5) is 10.7. The summed E-state index contributed by atoms with van der Waals surface area (Å²) in [7, 11) is 0. The first-order valence-electron chi connectivity index (χ1n) is 10.1. The number of carbonyl (C=O) groups is 1. The molecular weight excluding hydrogens is 466 g/mol. The summed E-state index contributed by atoms with van der Waals surface area (Å²) < 4.78 is 86.5. The summed E-state index contributed by atoms with van der Waals surface area (Å²) in [6, 6.07) is 6.94. The second kappa shape index (κ2) is 9.80. The molecule has 3 unspecified atom stereocenters. The van der Waals surface area contributed by atoms with Gasteiger partial charge < -0.3 is 15.8 Å². The fraction of sp³-hybridized carbons (Fsp3) is 0.364. The summed E-state index contributed by atoms with van der Waals surface area (Å²) in [5, 5.41) is 13.8. The van der Waals surface area contributed by atoms with Crippen molar-refractivity contribution < 1.29 is 35.9 Å². The van der Waals surface area contributed by atoms with Gasteiger partial charge in [0, 0.05) is 18.5 Å². The number of hydrogen-bond donors (Lipinski definition) is 3. The number of hydrogen-bond acceptors (Lipinski definition) is 4. The Kier molecular flexibility index (Phi) is 7.26. The molecule has 0 aromatic heterocycles. The van der Waals surface area contributed by atoms with Crippen molar-refractivity contribution in [3.63, 3.8) is 0 Å². The van der Waals surface area contributed by atoms with E-state index in [2.05, 4.69) is 10.6 Å². The zero-order chi connectivity index (χ0) is 25.1. The first kappa shape index (κ1) is 25.2. The third-order valence-electron chi connectivity index (χ3n) is 5.45. The molecule has 3 rings (SSSR count). The SMILES string of the molecule is N#Cc1ccc(C2CC(COc3ccc(CNC(N)=O)cc3)NC2C(F)(F)F)cc1C(F)(F)F. The molecular formula is C22H20F6N4O2. The summed E-state index contributed by atoms with van der Waals surface area (Å²) in [6.07, 6.45) is -9.70. The number of urea groups is 1. The van der Waals surface area contributed by atoms with Crippen LogP contribution in [0.2, 0.25) is 0 Å².